The van der Waals surface area contributed by atoms with Crippen molar-refractivity contribution >= 4 is 23.4 Å². The van der Waals surface area contributed by atoms with E-state index in [2.05, 4.69) is 9.72 Å². The summed E-state index contributed by atoms with van der Waals surface area (Å²) in [6, 6.07) is 1.50. The second kappa shape index (κ2) is 5.57. The number of anilines is 1. The number of nitrogens with zero attached hydrogens (tertiary/aromatic N) is 1. The molecule has 0 fully saturated rings. The Morgan fingerprint density at radius 3 is 3.07 bits per heavy atom. The monoisotopic (exact) mass is 228 g/mol. The number of aliphatic hydroxyl groups is 1. The molecule has 5 nitrogen and oxygen atoms in total. The summed E-state index contributed by atoms with van der Waals surface area (Å²) in [6.45, 7) is 0.0360. The van der Waals surface area contributed by atoms with Crippen LogP contribution >= 0.6 is 11.8 Å². The van der Waals surface area contributed by atoms with Crippen molar-refractivity contribution in [2.75, 3.05) is 25.2 Å². The van der Waals surface area contributed by atoms with Crippen LogP contribution in [0, 0.1) is 0 Å². The van der Waals surface area contributed by atoms with Gasteiger partial charge in [0.05, 0.1) is 25.0 Å². The van der Waals surface area contributed by atoms with Crippen LogP contribution in [0.25, 0.3) is 0 Å². The van der Waals surface area contributed by atoms with E-state index in [-0.39, 0.29) is 6.61 Å². The van der Waals surface area contributed by atoms with Crippen LogP contribution in [0.4, 0.5) is 5.69 Å². The van der Waals surface area contributed by atoms with Crippen LogP contribution in [0.5, 0.6) is 0 Å². The van der Waals surface area contributed by atoms with Gasteiger partial charge < -0.3 is 15.6 Å². The van der Waals surface area contributed by atoms with E-state index in [1.165, 1.54) is 31.1 Å². The number of hydrogen-bond donors (Lipinski definition) is 2. The Labute approximate surface area is 91.6 Å². The lowest BCUT2D eigenvalue weighted by molar-refractivity contribution is 0.0601. The molecule has 0 aromatic carbocycles. The van der Waals surface area contributed by atoms with Crippen LogP contribution in [-0.4, -0.2) is 35.5 Å². The first-order valence-electron chi connectivity index (χ1n) is 4.27. The summed E-state index contributed by atoms with van der Waals surface area (Å²) < 4.78 is 4.57. The topological polar surface area (TPSA) is 85.4 Å². The van der Waals surface area contributed by atoms with E-state index in [0.717, 1.165) is 0 Å². The van der Waals surface area contributed by atoms with Crippen LogP contribution in [0.1, 0.15) is 10.4 Å². The number of rotatable bonds is 4. The maximum absolute atomic E-state index is 11.3. The Bertz CT molecular complexity index is 357. The maximum atomic E-state index is 11.3. The number of thioether (sulfide) groups is 1. The van der Waals surface area contributed by atoms with Crippen LogP contribution in [0.3, 0.4) is 0 Å². The van der Waals surface area contributed by atoms with Crippen molar-refractivity contribution in [1.82, 2.24) is 4.98 Å². The van der Waals surface area contributed by atoms with Gasteiger partial charge in [0, 0.05) is 11.9 Å². The van der Waals surface area contributed by atoms with Gasteiger partial charge in [0.2, 0.25) is 0 Å². The number of nitrogens with two attached hydrogens (primary N) is 1. The van der Waals surface area contributed by atoms with Crippen molar-refractivity contribution < 1.29 is 14.6 Å². The Morgan fingerprint density at radius 2 is 2.47 bits per heavy atom. The summed E-state index contributed by atoms with van der Waals surface area (Å²) in [7, 11) is 1.29. The van der Waals surface area contributed by atoms with E-state index in [1.807, 2.05) is 0 Å². The van der Waals surface area contributed by atoms with Crippen LogP contribution in [0.2, 0.25) is 0 Å². The third-order valence-electron chi connectivity index (χ3n) is 1.69. The highest BCUT2D eigenvalue weighted by atomic mass is 32.2. The number of methoxy groups -OCH3 is 1. The fraction of sp³-hybridized carbons (Fsp3) is 0.333. The molecule has 1 aromatic rings. The first kappa shape index (κ1) is 11.8. The first-order valence-corrected chi connectivity index (χ1v) is 5.25. The summed E-state index contributed by atoms with van der Waals surface area (Å²) in [5.41, 5.74) is 6.33. The fourth-order valence-corrected chi connectivity index (χ4v) is 1.68. The second-order valence-corrected chi connectivity index (χ2v) is 3.72. The lowest BCUT2D eigenvalue weighted by Crippen LogP contribution is -2.07. The average molecular weight is 228 g/mol. The molecule has 0 saturated heterocycles. The molecule has 0 radical (unpaired) electrons. The fourth-order valence-electron chi connectivity index (χ4n) is 0.999. The number of carbonyl (C=O) groups excluding carboxylic acids is 1. The van der Waals surface area contributed by atoms with Gasteiger partial charge in [-0.15, -0.1) is 11.8 Å². The van der Waals surface area contributed by atoms with E-state index in [1.54, 1.807) is 0 Å². The number of aromatic nitrogens is 1. The summed E-state index contributed by atoms with van der Waals surface area (Å²) in [6.07, 6.45) is 1.49. The molecule has 0 amide bonds. The van der Waals surface area contributed by atoms with E-state index in [9.17, 15) is 4.79 Å². The van der Waals surface area contributed by atoms with Crippen molar-refractivity contribution in [1.29, 1.82) is 0 Å². The van der Waals surface area contributed by atoms with Crippen LogP contribution in [0.15, 0.2) is 17.3 Å². The van der Waals surface area contributed by atoms with Gasteiger partial charge in [0.1, 0.15) is 5.03 Å². The lowest BCUT2D eigenvalue weighted by Gasteiger charge is -2.07. The molecular formula is C9H12N2O3S. The van der Waals surface area contributed by atoms with Gasteiger partial charge in [-0.25, -0.2) is 9.78 Å². The molecule has 0 spiro atoms. The molecule has 0 unspecified atom stereocenters. The van der Waals surface area contributed by atoms with Gasteiger partial charge in [-0.3, -0.25) is 0 Å². The van der Waals surface area contributed by atoms with Gasteiger partial charge in [0.15, 0.2) is 0 Å². The number of esters is 1. The molecule has 0 bridgehead atoms. The predicted octanol–water partition coefficient (Wildman–Crippen LogP) is 0.535. The molecular weight excluding hydrogens is 216 g/mol. The number of hydrogen-bond acceptors (Lipinski definition) is 6. The normalized spacial score (nSPS) is 10.0. The zero-order valence-electron chi connectivity index (χ0n) is 8.27. The smallest absolute Gasteiger partial charge is 0.340 e. The van der Waals surface area contributed by atoms with Crippen molar-refractivity contribution in [3.05, 3.63) is 17.8 Å². The van der Waals surface area contributed by atoms with Gasteiger partial charge in [-0.1, -0.05) is 0 Å². The summed E-state index contributed by atoms with van der Waals surface area (Å²) >= 11 is 1.30. The van der Waals surface area contributed by atoms with Gasteiger partial charge >= 0.3 is 5.97 Å². The van der Waals surface area contributed by atoms with E-state index >= 15 is 0 Å². The SMILES string of the molecule is COC(=O)c1ccnc(SCCO)c1N. The average Bonchev–Trinajstić information content (AvgIpc) is 2.27. The van der Waals surface area contributed by atoms with Gasteiger partial charge in [0.25, 0.3) is 0 Å². The van der Waals surface area contributed by atoms with Crippen molar-refractivity contribution in [3.8, 4) is 0 Å². The highest BCUT2D eigenvalue weighted by molar-refractivity contribution is 7.99. The van der Waals surface area contributed by atoms with Crippen molar-refractivity contribution in [3.63, 3.8) is 0 Å². The highest BCUT2D eigenvalue weighted by Gasteiger charge is 2.13. The minimum atomic E-state index is -0.485. The number of aliphatic hydroxyl groups excluding tert-OH is 1. The molecule has 1 rings (SSSR count). The quantitative estimate of drug-likeness (QED) is 0.577. The molecule has 1 aromatic heterocycles. The first-order chi connectivity index (χ1) is 7.20. The molecule has 6 heteroatoms. The Hall–Kier alpha value is -1.27. The minimum absolute atomic E-state index is 0.0360. The van der Waals surface area contributed by atoms with Crippen molar-refractivity contribution in [2.24, 2.45) is 0 Å². The number of nitrogen functional groups attached to an aromatic ring is 1. The number of pyridine rings is 1. The molecule has 0 saturated carbocycles. The number of carbonyl (C=O) groups is 1. The largest absolute Gasteiger partial charge is 0.465 e. The third kappa shape index (κ3) is 2.84. The van der Waals surface area contributed by atoms with E-state index in [4.69, 9.17) is 10.8 Å². The Kier molecular flexibility index (Phi) is 4.38. The predicted molar refractivity (Wildman–Crippen MR) is 57.8 cm³/mol. The summed E-state index contributed by atoms with van der Waals surface area (Å²) in [5, 5.41) is 9.20. The molecule has 3 N–H and O–H groups in total. The van der Waals surface area contributed by atoms with Crippen LogP contribution in [-0.2, 0) is 4.74 Å². The summed E-state index contributed by atoms with van der Waals surface area (Å²) in [5.74, 6) is 0.00250. The van der Waals surface area contributed by atoms with Gasteiger partial charge in [-0.05, 0) is 6.07 Å². The van der Waals surface area contributed by atoms with E-state index < -0.39 is 5.97 Å². The molecule has 0 aliphatic rings. The molecule has 0 atom stereocenters. The standard InChI is InChI=1S/C9H12N2O3S/c1-14-9(13)6-2-3-11-8(7(6)10)15-5-4-12/h2-3,12H,4-5,10H2,1H3. The molecule has 1 heterocycles. The molecule has 0 aliphatic heterocycles. The Balaban J connectivity index is 2.95. The second-order valence-electron chi connectivity index (χ2n) is 2.64. The van der Waals surface area contributed by atoms with E-state index in [0.29, 0.717) is 22.0 Å². The minimum Gasteiger partial charge on any atom is -0.465 e. The molecule has 0 aliphatic carbocycles. The lowest BCUT2D eigenvalue weighted by atomic mass is 10.2. The summed E-state index contributed by atoms with van der Waals surface area (Å²) in [4.78, 5) is 15.3. The third-order valence-corrected chi connectivity index (χ3v) is 2.67. The molecule has 15 heavy (non-hydrogen) atoms. The Morgan fingerprint density at radius 1 is 1.73 bits per heavy atom. The van der Waals surface area contributed by atoms with Gasteiger partial charge in [-0.2, -0.15) is 0 Å². The zero-order valence-corrected chi connectivity index (χ0v) is 9.08. The zero-order chi connectivity index (χ0) is 11.3. The molecule has 82 valence electrons. The maximum Gasteiger partial charge on any atom is 0.340 e. The number of ether oxygens (including phenoxy) is 1. The highest BCUT2D eigenvalue weighted by Crippen LogP contribution is 2.25. The van der Waals surface area contributed by atoms with Crippen LogP contribution < -0.4 is 5.73 Å². The van der Waals surface area contributed by atoms with Crippen molar-refractivity contribution in [2.45, 2.75) is 5.03 Å².